The first-order chi connectivity index (χ1) is 10.2. The van der Waals surface area contributed by atoms with Gasteiger partial charge in [0.2, 0.25) is 0 Å². The van der Waals surface area contributed by atoms with Crippen molar-refractivity contribution in [2.24, 2.45) is 0 Å². The van der Waals surface area contributed by atoms with Crippen molar-refractivity contribution < 1.29 is 9.90 Å². The molecule has 2 nitrogen and oxygen atoms in total. The average molecular weight is 296 g/mol. The van der Waals surface area contributed by atoms with E-state index in [-0.39, 0.29) is 5.78 Å². The molecule has 1 unspecified atom stereocenters. The molecule has 21 heavy (non-hydrogen) atoms. The van der Waals surface area contributed by atoms with Gasteiger partial charge in [-0.2, -0.15) is 0 Å². The lowest BCUT2D eigenvalue weighted by Gasteiger charge is -2.21. The Labute approximate surface area is 128 Å². The highest BCUT2D eigenvalue weighted by Crippen LogP contribution is 2.35. The van der Waals surface area contributed by atoms with E-state index in [0.29, 0.717) is 17.7 Å². The van der Waals surface area contributed by atoms with Crippen molar-refractivity contribution in [3.8, 4) is 0 Å². The molecule has 0 amide bonds. The molecule has 0 fully saturated rings. The van der Waals surface area contributed by atoms with Gasteiger partial charge in [0.15, 0.2) is 5.78 Å². The maximum Gasteiger partial charge on any atom is 0.195 e. The number of hydrogen-bond donors (Lipinski definition) is 1. The highest BCUT2D eigenvalue weighted by Gasteiger charge is 2.41. The molecule has 0 spiro atoms. The van der Waals surface area contributed by atoms with Gasteiger partial charge in [-0.1, -0.05) is 54.6 Å². The number of hydrogen-bond acceptors (Lipinski definition) is 3. The Morgan fingerprint density at radius 3 is 2.29 bits per heavy atom. The SMILES string of the molecule is O=C1C(c2ccccc2)=CCC1(O)CSc1ccccc1. The summed E-state index contributed by atoms with van der Waals surface area (Å²) in [7, 11) is 0. The second kappa shape index (κ2) is 5.88. The molecular weight excluding hydrogens is 280 g/mol. The molecule has 0 aromatic heterocycles. The highest BCUT2D eigenvalue weighted by atomic mass is 32.2. The minimum atomic E-state index is -1.29. The number of benzene rings is 2. The van der Waals surface area contributed by atoms with Gasteiger partial charge in [-0.15, -0.1) is 11.8 Å². The molecule has 0 aliphatic heterocycles. The summed E-state index contributed by atoms with van der Waals surface area (Å²) < 4.78 is 0. The minimum absolute atomic E-state index is 0.169. The van der Waals surface area contributed by atoms with Crippen molar-refractivity contribution in [1.29, 1.82) is 0 Å². The molecule has 2 aromatic rings. The predicted octanol–water partition coefficient (Wildman–Crippen LogP) is 3.57. The summed E-state index contributed by atoms with van der Waals surface area (Å²) in [5, 5.41) is 10.6. The largest absolute Gasteiger partial charge is 0.380 e. The number of Topliss-reactive ketones (excluding diaryl/α,β-unsaturated/α-hetero) is 1. The van der Waals surface area contributed by atoms with E-state index in [1.807, 2.05) is 66.7 Å². The summed E-state index contributed by atoms with van der Waals surface area (Å²) in [6, 6.07) is 19.4. The van der Waals surface area contributed by atoms with Gasteiger partial charge in [-0.3, -0.25) is 4.79 Å². The number of ketones is 1. The van der Waals surface area contributed by atoms with E-state index in [4.69, 9.17) is 0 Å². The molecular formula is C18H16O2S. The maximum atomic E-state index is 12.5. The fourth-order valence-corrected chi connectivity index (χ4v) is 3.42. The van der Waals surface area contributed by atoms with E-state index < -0.39 is 5.60 Å². The van der Waals surface area contributed by atoms with Crippen LogP contribution in [0, 0.1) is 0 Å². The summed E-state index contributed by atoms with van der Waals surface area (Å²) in [5.41, 5.74) is 0.223. The first kappa shape index (κ1) is 14.1. The van der Waals surface area contributed by atoms with E-state index >= 15 is 0 Å². The van der Waals surface area contributed by atoms with Gasteiger partial charge < -0.3 is 5.11 Å². The van der Waals surface area contributed by atoms with E-state index in [1.165, 1.54) is 11.8 Å². The van der Waals surface area contributed by atoms with E-state index in [0.717, 1.165) is 10.5 Å². The number of thioether (sulfide) groups is 1. The number of rotatable bonds is 4. The van der Waals surface area contributed by atoms with Gasteiger partial charge >= 0.3 is 0 Å². The minimum Gasteiger partial charge on any atom is -0.380 e. The molecule has 0 saturated heterocycles. The van der Waals surface area contributed by atoms with Crippen molar-refractivity contribution in [2.45, 2.75) is 16.9 Å². The normalized spacial score (nSPS) is 21.4. The fraction of sp³-hybridized carbons (Fsp3) is 0.167. The third kappa shape index (κ3) is 2.94. The third-order valence-electron chi connectivity index (χ3n) is 3.62. The standard InChI is InChI=1S/C18H16O2S/c19-17-16(14-7-3-1-4-8-14)11-12-18(17,20)13-21-15-9-5-2-6-10-15/h1-11,20H,12-13H2. The second-order valence-electron chi connectivity index (χ2n) is 5.15. The highest BCUT2D eigenvalue weighted by molar-refractivity contribution is 7.99. The topological polar surface area (TPSA) is 37.3 Å². The van der Waals surface area contributed by atoms with E-state index in [9.17, 15) is 9.90 Å². The molecule has 3 rings (SSSR count). The number of aliphatic hydroxyl groups is 1. The molecule has 0 bridgehead atoms. The van der Waals surface area contributed by atoms with Crippen LogP contribution in [-0.2, 0) is 4.79 Å². The van der Waals surface area contributed by atoms with E-state index in [2.05, 4.69) is 0 Å². The van der Waals surface area contributed by atoms with Crippen LogP contribution in [0.1, 0.15) is 12.0 Å². The predicted molar refractivity (Wildman–Crippen MR) is 86.2 cm³/mol. The molecule has 2 aromatic carbocycles. The molecule has 1 aliphatic rings. The summed E-state index contributed by atoms with van der Waals surface area (Å²) in [5.74, 6) is 0.208. The van der Waals surface area contributed by atoms with Crippen molar-refractivity contribution in [1.82, 2.24) is 0 Å². The fourth-order valence-electron chi connectivity index (χ4n) is 2.42. The Kier molecular flexibility index (Phi) is 3.95. The first-order valence-corrected chi connectivity index (χ1v) is 7.88. The van der Waals surface area contributed by atoms with Gasteiger partial charge in [0, 0.05) is 22.6 Å². The Bertz CT molecular complexity index is 664. The molecule has 0 radical (unpaired) electrons. The Hall–Kier alpha value is -1.84. The van der Waals surface area contributed by atoms with Crippen LogP contribution >= 0.6 is 11.8 Å². The van der Waals surface area contributed by atoms with Crippen molar-refractivity contribution in [3.05, 3.63) is 72.3 Å². The number of carbonyl (C=O) groups excluding carboxylic acids is 1. The van der Waals surface area contributed by atoms with Crippen molar-refractivity contribution >= 4 is 23.1 Å². The van der Waals surface area contributed by atoms with Crippen LogP contribution in [0.3, 0.4) is 0 Å². The van der Waals surface area contributed by atoms with Crippen molar-refractivity contribution in [2.75, 3.05) is 5.75 Å². The Morgan fingerprint density at radius 2 is 1.62 bits per heavy atom. The molecule has 0 saturated carbocycles. The van der Waals surface area contributed by atoms with Crippen LogP contribution in [-0.4, -0.2) is 22.2 Å². The summed E-state index contributed by atoms with van der Waals surface area (Å²) in [6.45, 7) is 0. The van der Waals surface area contributed by atoms with E-state index in [1.54, 1.807) is 0 Å². The quantitative estimate of drug-likeness (QED) is 0.877. The second-order valence-corrected chi connectivity index (χ2v) is 6.20. The smallest absolute Gasteiger partial charge is 0.195 e. The van der Waals surface area contributed by atoms with Crippen LogP contribution in [0.25, 0.3) is 5.57 Å². The number of carbonyl (C=O) groups is 1. The zero-order chi connectivity index (χ0) is 14.7. The Balaban J connectivity index is 1.72. The molecule has 1 aliphatic carbocycles. The monoisotopic (exact) mass is 296 g/mol. The first-order valence-electron chi connectivity index (χ1n) is 6.90. The molecule has 0 heterocycles. The zero-order valence-electron chi connectivity index (χ0n) is 11.5. The summed E-state index contributed by atoms with van der Waals surface area (Å²) in [6.07, 6.45) is 2.24. The third-order valence-corrected chi connectivity index (χ3v) is 4.84. The van der Waals surface area contributed by atoms with Crippen LogP contribution in [0.2, 0.25) is 0 Å². The van der Waals surface area contributed by atoms with Crippen molar-refractivity contribution in [3.63, 3.8) is 0 Å². The zero-order valence-corrected chi connectivity index (χ0v) is 12.3. The van der Waals surface area contributed by atoms with Crippen LogP contribution in [0.4, 0.5) is 0 Å². The van der Waals surface area contributed by atoms with Crippen LogP contribution < -0.4 is 0 Å². The summed E-state index contributed by atoms with van der Waals surface area (Å²) in [4.78, 5) is 13.6. The van der Waals surface area contributed by atoms with Crippen LogP contribution in [0.15, 0.2) is 71.6 Å². The van der Waals surface area contributed by atoms with Gasteiger partial charge in [0.25, 0.3) is 0 Å². The molecule has 3 heteroatoms. The maximum absolute atomic E-state index is 12.5. The Morgan fingerprint density at radius 1 is 1.00 bits per heavy atom. The lowest BCUT2D eigenvalue weighted by Crippen LogP contribution is -2.37. The van der Waals surface area contributed by atoms with Crippen LogP contribution in [0.5, 0.6) is 0 Å². The van der Waals surface area contributed by atoms with Gasteiger partial charge in [0.1, 0.15) is 5.60 Å². The van der Waals surface area contributed by atoms with Gasteiger partial charge in [-0.05, 0) is 17.7 Å². The lowest BCUT2D eigenvalue weighted by atomic mass is 9.97. The van der Waals surface area contributed by atoms with Gasteiger partial charge in [0.05, 0.1) is 0 Å². The molecule has 1 atom stereocenters. The average Bonchev–Trinajstić information content (AvgIpc) is 2.84. The molecule has 106 valence electrons. The van der Waals surface area contributed by atoms with Gasteiger partial charge in [-0.25, -0.2) is 0 Å². The summed E-state index contributed by atoms with van der Waals surface area (Å²) >= 11 is 1.51. The lowest BCUT2D eigenvalue weighted by molar-refractivity contribution is -0.127. The molecule has 1 N–H and O–H groups in total.